The number of esters is 2. The van der Waals surface area contributed by atoms with Crippen LogP contribution in [0.4, 0.5) is 0 Å². The number of hydrogen-bond donors (Lipinski definition) is 0. The fraction of sp³-hybridized carbons (Fsp3) is 0.375. The Kier molecular flexibility index (Phi) is 6.96. The third kappa shape index (κ3) is 6.45. The smallest absolute Gasteiger partial charge is 0.305 e. The molecule has 4 nitrogen and oxygen atoms in total. The summed E-state index contributed by atoms with van der Waals surface area (Å²) in [7, 11) is 0. The predicted molar refractivity (Wildman–Crippen MR) is 81.7 cm³/mol. The lowest BCUT2D eigenvalue weighted by Crippen LogP contribution is -2.24. The van der Waals surface area contributed by atoms with Gasteiger partial charge < -0.3 is 9.47 Å². The average molecular weight is 311 g/mol. The Bertz CT molecular complexity index is 504. The van der Waals surface area contributed by atoms with Crippen molar-refractivity contribution in [3.05, 3.63) is 40.4 Å². The minimum absolute atomic E-state index is 0.501. The summed E-state index contributed by atoms with van der Waals surface area (Å²) in [5, 5.41) is 0.640. The standard InChI is InChI=1S/C16H19ClO4/c1-4-5-14(10-13-6-8-15(17)9-7-13)16(20-11(2)18)21-12(3)19/h6-10,16H,4-5H2,1-3H3. The van der Waals surface area contributed by atoms with E-state index in [0.29, 0.717) is 11.4 Å². The molecule has 1 rings (SSSR count). The predicted octanol–water partition coefficient (Wildman–Crippen LogP) is 3.98. The lowest BCUT2D eigenvalue weighted by Gasteiger charge is -2.19. The normalized spacial score (nSPS) is 11.4. The van der Waals surface area contributed by atoms with Crippen molar-refractivity contribution < 1.29 is 19.1 Å². The van der Waals surface area contributed by atoms with Gasteiger partial charge in [0.05, 0.1) is 0 Å². The molecule has 0 saturated heterocycles. The summed E-state index contributed by atoms with van der Waals surface area (Å²) >= 11 is 5.85. The summed E-state index contributed by atoms with van der Waals surface area (Å²) in [6.07, 6.45) is 2.33. The van der Waals surface area contributed by atoms with Gasteiger partial charge in [-0.05, 0) is 30.2 Å². The fourth-order valence-corrected chi connectivity index (χ4v) is 1.92. The van der Waals surface area contributed by atoms with Crippen LogP contribution in [0.25, 0.3) is 6.08 Å². The first-order valence-electron chi connectivity index (χ1n) is 6.72. The summed E-state index contributed by atoms with van der Waals surface area (Å²) < 4.78 is 10.2. The van der Waals surface area contributed by atoms with E-state index in [2.05, 4.69) is 0 Å². The van der Waals surface area contributed by atoms with Crippen molar-refractivity contribution in [2.75, 3.05) is 0 Å². The Labute approximate surface area is 129 Å². The zero-order chi connectivity index (χ0) is 15.8. The molecule has 0 bridgehead atoms. The lowest BCUT2D eigenvalue weighted by molar-refractivity contribution is -0.178. The van der Waals surface area contributed by atoms with Crippen molar-refractivity contribution in [3.63, 3.8) is 0 Å². The molecule has 0 aromatic heterocycles. The van der Waals surface area contributed by atoms with Crippen LogP contribution in [0.5, 0.6) is 0 Å². The Morgan fingerprint density at radius 3 is 2.10 bits per heavy atom. The minimum Gasteiger partial charge on any atom is -0.421 e. The molecule has 21 heavy (non-hydrogen) atoms. The number of carbonyl (C=O) groups excluding carboxylic acids is 2. The molecular formula is C16H19ClO4. The van der Waals surface area contributed by atoms with E-state index < -0.39 is 18.2 Å². The first-order valence-corrected chi connectivity index (χ1v) is 7.10. The van der Waals surface area contributed by atoms with Gasteiger partial charge in [0.25, 0.3) is 6.29 Å². The van der Waals surface area contributed by atoms with Gasteiger partial charge in [0.2, 0.25) is 0 Å². The maximum Gasteiger partial charge on any atom is 0.305 e. The molecule has 0 atom stereocenters. The molecule has 0 unspecified atom stereocenters. The van der Waals surface area contributed by atoms with Crippen LogP contribution in [0.2, 0.25) is 5.02 Å². The van der Waals surface area contributed by atoms with Gasteiger partial charge in [0, 0.05) is 24.4 Å². The van der Waals surface area contributed by atoms with Crippen LogP contribution in [0.1, 0.15) is 39.2 Å². The van der Waals surface area contributed by atoms with Crippen molar-refractivity contribution in [2.45, 2.75) is 39.9 Å². The van der Waals surface area contributed by atoms with Crippen molar-refractivity contribution >= 4 is 29.6 Å². The summed E-state index contributed by atoms with van der Waals surface area (Å²) in [4.78, 5) is 22.4. The third-order valence-electron chi connectivity index (χ3n) is 2.61. The Morgan fingerprint density at radius 2 is 1.67 bits per heavy atom. The van der Waals surface area contributed by atoms with Crippen LogP contribution in [0.3, 0.4) is 0 Å². The van der Waals surface area contributed by atoms with E-state index in [9.17, 15) is 9.59 Å². The van der Waals surface area contributed by atoms with Crippen molar-refractivity contribution in [3.8, 4) is 0 Å². The molecule has 114 valence electrons. The number of hydrogen-bond acceptors (Lipinski definition) is 4. The molecule has 5 heteroatoms. The monoisotopic (exact) mass is 310 g/mol. The highest BCUT2D eigenvalue weighted by atomic mass is 35.5. The van der Waals surface area contributed by atoms with E-state index in [1.54, 1.807) is 12.1 Å². The van der Waals surface area contributed by atoms with Gasteiger partial charge in [0.15, 0.2) is 0 Å². The second kappa shape index (κ2) is 8.47. The minimum atomic E-state index is -0.990. The van der Waals surface area contributed by atoms with E-state index in [4.69, 9.17) is 21.1 Å². The summed E-state index contributed by atoms with van der Waals surface area (Å²) in [5.41, 5.74) is 1.62. The first-order chi connectivity index (χ1) is 9.92. The summed E-state index contributed by atoms with van der Waals surface area (Å²) in [6, 6.07) is 7.22. The van der Waals surface area contributed by atoms with E-state index in [-0.39, 0.29) is 0 Å². The molecule has 1 aromatic carbocycles. The van der Waals surface area contributed by atoms with Crippen LogP contribution in [-0.2, 0) is 19.1 Å². The van der Waals surface area contributed by atoms with E-state index in [0.717, 1.165) is 17.6 Å². The number of benzene rings is 1. The van der Waals surface area contributed by atoms with Gasteiger partial charge in [0.1, 0.15) is 0 Å². The Hall–Kier alpha value is -1.81. The van der Waals surface area contributed by atoms with Crippen LogP contribution < -0.4 is 0 Å². The van der Waals surface area contributed by atoms with Gasteiger partial charge in [-0.1, -0.05) is 37.1 Å². The lowest BCUT2D eigenvalue weighted by atomic mass is 10.1. The van der Waals surface area contributed by atoms with Crippen LogP contribution in [0, 0.1) is 0 Å². The van der Waals surface area contributed by atoms with Gasteiger partial charge in [-0.25, -0.2) is 0 Å². The number of carbonyl (C=O) groups is 2. The molecular weight excluding hydrogens is 292 g/mol. The first kappa shape index (κ1) is 17.2. The molecule has 0 aliphatic rings. The Balaban J connectivity index is 3.06. The zero-order valence-electron chi connectivity index (χ0n) is 12.4. The highest BCUT2D eigenvalue weighted by Gasteiger charge is 2.20. The van der Waals surface area contributed by atoms with Gasteiger partial charge in [-0.3, -0.25) is 9.59 Å². The summed E-state index contributed by atoms with van der Waals surface area (Å²) in [5.74, 6) is -1.00. The van der Waals surface area contributed by atoms with Gasteiger partial charge >= 0.3 is 11.9 Å². The molecule has 0 radical (unpaired) electrons. The number of halogens is 1. The van der Waals surface area contributed by atoms with E-state index >= 15 is 0 Å². The quantitative estimate of drug-likeness (QED) is 0.589. The molecule has 1 aromatic rings. The molecule has 0 aliphatic carbocycles. The average Bonchev–Trinajstić information content (AvgIpc) is 2.39. The molecule has 0 amide bonds. The fourth-order valence-electron chi connectivity index (χ4n) is 1.80. The van der Waals surface area contributed by atoms with E-state index in [1.807, 2.05) is 25.1 Å². The zero-order valence-corrected chi connectivity index (χ0v) is 13.1. The van der Waals surface area contributed by atoms with Crippen molar-refractivity contribution in [1.29, 1.82) is 0 Å². The third-order valence-corrected chi connectivity index (χ3v) is 2.86. The van der Waals surface area contributed by atoms with Crippen molar-refractivity contribution in [1.82, 2.24) is 0 Å². The molecule has 0 aliphatic heterocycles. The Morgan fingerprint density at radius 1 is 1.14 bits per heavy atom. The molecule has 0 heterocycles. The second-order valence-corrected chi connectivity index (χ2v) is 5.01. The summed E-state index contributed by atoms with van der Waals surface area (Å²) in [6.45, 7) is 4.55. The molecule has 0 saturated carbocycles. The van der Waals surface area contributed by atoms with Crippen LogP contribution >= 0.6 is 11.6 Å². The number of ether oxygens (including phenoxy) is 2. The van der Waals surface area contributed by atoms with E-state index in [1.165, 1.54) is 13.8 Å². The maximum atomic E-state index is 11.2. The highest BCUT2D eigenvalue weighted by Crippen LogP contribution is 2.20. The van der Waals surface area contributed by atoms with Crippen molar-refractivity contribution in [2.24, 2.45) is 0 Å². The largest absolute Gasteiger partial charge is 0.421 e. The SMILES string of the molecule is CCCC(=Cc1ccc(Cl)cc1)C(OC(C)=O)OC(C)=O. The van der Waals surface area contributed by atoms with Crippen LogP contribution in [0.15, 0.2) is 29.8 Å². The van der Waals surface area contributed by atoms with Crippen LogP contribution in [-0.4, -0.2) is 18.2 Å². The topological polar surface area (TPSA) is 52.6 Å². The molecule has 0 N–H and O–H groups in total. The number of rotatable bonds is 6. The maximum absolute atomic E-state index is 11.2. The van der Waals surface area contributed by atoms with Gasteiger partial charge in [-0.2, -0.15) is 0 Å². The molecule has 0 spiro atoms. The van der Waals surface area contributed by atoms with Gasteiger partial charge in [-0.15, -0.1) is 0 Å². The highest BCUT2D eigenvalue weighted by molar-refractivity contribution is 6.30. The second-order valence-electron chi connectivity index (χ2n) is 4.57. The molecule has 0 fully saturated rings.